The van der Waals surface area contributed by atoms with Gasteiger partial charge in [-0.15, -0.1) is 11.3 Å². The molecule has 3 aromatic carbocycles. The van der Waals surface area contributed by atoms with Crippen LogP contribution < -0.4 is 20.1 Å². The van der Waals surface area contributed by atoms with Gasteiger partial charge in [-0.1, -0.05) is 36.4 Å². The summed E-state index contributed by atoms with van der Waals surface area (Å²) in [7, 11) is 3.04. The van der Waals surface area contributed by atoms with Crippen LogP contribution in [-0.2, 0) is 11.2 Å². The van der Waals surface area contributed by atoms with E-state index in [1.807, 2.05) is 42.5 Å². The molecule has 0 radical (unpaired) electrons. The van der Waals surface area contributed by atoms with Crippen molar-refractivity contribution in [1.29, 1.82) is 0 Å². The highest BCUT2D eigenvalue weighted by atomic mass is 32.1. The molecule has 0 unspecified atom stereocenters. The van der Waals surface area contributed by atoms with Crippen molar-refractivity contribution in [3.8, 4) is 11.5 Å². The third-order valence-corrected chi connectivity index (χ3v) is 5.63. The van der Waals surface area contributed by atoms with Crippen LogP contribution in [0.5, 0.6) is 11.5 Å². The summed E-state index contributed by atoms with van der Waals surface area (Å²) in [4.78, 5) is 29.5. The second kappa shape index (κ2) is 9.49. The lowest BCUT2D eigenvalue weighted by atomic mass is 10.1. The van der Waals surface area contributed by atoms with Gasteiger partial charge in [0.2, 0.25) is 5.91 Å². The summed E-state index contributed by atoms with van der Waals surface area (Å²) in [6, 6.07) is 18.5. The molecule has 0 fully saturated rings. The Hall–Kier alpha value is -3.91. The molecule has 162 valence electrons. The Morgan fingerprint density at radius 2 is 1.72 bits per heavy atom. The topological polar surface area (TPSA) is 89.5 Å². The van der Waals surface area contributed by atoms with Crippen molar-refractivity contribution in [1.82, 2.24) is 4.98 Å². The normalized spacial score (nSPS) is 10.6. The van der Waals surface area contributed by atoms with Gasteiger partial charge in [0.15, 0.2) is 16.6 Å². The maximum absolute atomic E-state index is 12.6. The average Bonchev–Trinajstić information content (AvgIpc) is 3.25. The van der Waals surface area contributed by atoms with Crippen LogP contribution in [0, 0.1) is 0 Å². The molecular weight excluding hydrogens is 426 g/mol. The van der Waals surface area contributed by atoms with E-state index < -0.39 is 0 Å². The number of aromatic nitrogens is 1. The first kappa shape index (κ1) is 21.3. The molecule has 0 saturated carbocycles. The van der Waals surface area contributed by atoms with E-state index in [1.165, 1.54) is 25.6 Å². The number of carbonyl (C=O) groups is 2. The van der Waals surface area contributed by atoms with E-state index in [4.69, 9.17) is 9.47 Å². The van der Waals surface area contributed by atoms with E-state index in [0.717, 1.165) is 16.5 Å². The Kier molecular flexibility index (Phi) is 6.32. The van der Waals surface area contributed by atoms with Crippen LogP contribution >= 0.6 is 11.3 Å². The van der Waals surface area contributed by atoms with Crippen LogP contribution in [0.3, 0.4) is 0 Å². The zero-order valence-electron chi connectivity index (χ0n) is 17.5. The molecule has 0 bridgehead atoms. The maximum atomic E-state index is 12.6. The Morgan fingerprint density at radius 1 is 0.938 bits per heavy atom. The largest absolute Gasteiger partial charge is 0.493 e. The van der Waals surface area contributed by atoms with Crippen LogP contribution in [0.1, 0.15) is 16.1 Å². The van der Waals surface area contributed by atoms with Crippen molar-refractivity contribution in [2.75, 3.05) is 24.9 Å². The van der Waals surface area contributed by atoms with Crippen molar-refractivity contribution >= 4 is 44.7 Å². The number of benzene rings is 3. The molecule has 0 spiro atoms. The molecule has 1 aromatic heterocycles. The summed E-state index contributed by atoms with van der Waals surface area (Å²) in [5, 5.41) is 9.90. The summed E-state index contributed by atoms with van der Waals surface area (Å²) in [6.45, 7) is 0. The number of nitrogens with one attached hydrogen (secondary N) is 2. The second-order valence-electron chi connectivity index (χ2n) is 6.92. The third-order valence-electron chi connectivity index (χ3n) is 4.82. The highest BCUT2D eigenvalue weighted by Gasteiger charge is 2.14. The summed E-state index contributed by atoms with van der Waals surface area (Å²) < 4.78 is 10.4. The van der Waals surface area contributed by atoms with Gasteiger partial charge in [0, 0.05) is 22.0 Å². The SMILES string of the molecule is COc1ccc(C(=O)Nc2nc(CC(=O)Nc3cccc4ccccc34)cs2)cc1OC. The van der Waals surface area contributed by atoms with Gasteiger partial charge in [0.05, 0.1) is 26.3 Å². The molecule has 2 N–H and O–H groups in total. The van der Waals surface area contributed by atoms with Crippen LogP contribution in [0.4, 0.5) is 10.8 Å². The number of amides is 2. The zero-order chi connectivity index (χ0) is 22.5. The van der Waals surface area contributed by atoms with Crippen molar-refractivity contribution in [2.45, 2.75) is 6.42 Å². The number of carbonyl (C=O) groups excluding carboxylic acids is 2. The molecule has 2 amide bonds. The summed E-state index contributed by atoms with van der Waals surface area (Å²) in [6.07, 6.45) is 0.103. The molecule has 7 nitrogen and oxygen atoms in total. The fraction of sp³-hybridized carbons (Fsp3) is 0.125. The van der Waals surface area contributed by atoms with Crippen LogP contribution in [0.2, 0.25) is 0 Å². The number of hydrogen-bond donors (Lipinski definition) is 2. The molecule has 32 heavy (non-hydrogen) atoms. The smallest absolute Gasteiger partial charge is 0.257 e. The summed E-state index contributed by atoms with van der Waals surface area (Å²) in [5.41, 5.74) is 1.74. The van der Waals surface area contributed by atoms with Crippen LogP contribution in [0.15, 0.2) is 66.0 Å². The lowest BCUT2D eigenvalue weighted by Crippen LogP contribution is -2.15. The molecule has 0 aliphatic carbocycles. The van der Waals surface area contributed by atoms with Gasteiger partial charge in [-0.2, -0.15) is 0 Å². The van der Waals surface area contributed by atoms with Gasteiger partial charge in [-0.25, -0.2) is 4.98 Å². The van der Waals surface area contributed by atoms with E-state index in [0.29, 0.717) is 27.9 Å². The predicted molar refractivity (Wildman–Crippen MR) is 126 cm³/mol. The molecule has 4 rings (SSSR count). The molecule has 0 atom stereocenters. The first-order valence-electron chi connectivity index (χ1n) is 9.83. The molecule has 0 aliphatic heterocycles. The zero-order valence-corrected chi connectivity index (χ0v) is 18.4. The number of hydrogen-bond acceptors (Lipinski definition) is 6. The number of nitrogens with zero attached hydrogens (tertiary/aromatic N) is 1. The average molecular weight is 448 g/mol. The second-order valence-corrected chi connectivity index (χ2v) is 7.78. The van der Waals surface area contributed by atoms with Gasteiger partial charge in [-0.05, 0) is 29.7 Å². The highest BCUT2D eigenvalue weighted by Crippen LogP contribution is 2.28. The number of rotatable bonds is 7. The third kappa shape index (κ3) is 4.70. The first-order chi connectivity index (χ1) is 15.6. The number of ether oxygens (including phenoxy) is 2. The van der Waals surface area contributed by atoms with Crippen molar-refractivity contribution < 1.29 is 19.1 Å². The minimum absolute atomic E-state index is 0.103. The Morgan fingerprint density at radius 3 is 2.53 bits per heavy atom. The fourth-order valence-electron chi connectivity index (χ4n) is 3.29. The predicted octanol–water partition coefficient (Wildman–Crippen LogP) is 4.75. The molecule has 0 saturated heterocycles. The molecule has 8 heteroatoms. The number of methoxy groups -OCH3 is 2. The fourth-order valence-corrected chi connectivity index (χ4v) is 3.99. The monoisotopic (exact) mass is 447 g/mol. The quantitative estimate of drug-likeness (QED) is 0.427. The van der Waals surface area contributed by atoms with Gasteiger partial charge >= 0.3 is 0 Å². The summed E-state index contributed by atoms with van der Waals surface area (Å²) in [5.74, 6) is 0.499. The van der Waals surface area contributed by atoms with Gasteiger partial charge in [0.1, 0.15) is 0 Å². The van der Waals surface area contributed by atoms with Crippen molar-refractivity contribution in [2.24, 2.45) is 0 Å². The van der Waals surface area contributed by atoms with Gasteiger partial charge in [0.25, 0.3) is 5.91 Å². The van der Waals surface area contributed by atoms with Crippen molar-refractivity contribution in [3.63, 3.8) is 0 Å². The lowest BCUT2D eigenvalue weighted by Gasteiger charge is -2.09. The number of thiazole rings is 1. The van der Waals surface area contributed by atoms with E-state index in [9.17, 15) is 9.59 Å². The van der Waals surface area contributed by atoms with E-state index in [2.05, 4.69) is 15.6 Å². The van der Waals surface area contributed by atoms with Gasteiger partial charge in [-0.3, -0.25) is 14.9 Å². The summed E-state index contributed by atoms with van der Waals surface area (Å²) >= 11 is 1.26. The van der Waals surface area contributed by atoms with Gasteiger partial charge < -0.3 is 14.8 Å². The number of fused-ring (bicyclic) bond motifs is 1. The maximum Gasteiger partial charge on any atom is 0.257 e. The molecule has 0 aliphatic rings. The molecule has 4 aromatic rings. The first-order valence-corrected chi connectivity index (χ1v) is 10.7. The Bertz CT molecular complexity index is 1280. The van der Waals surface area contributed by atoms with E-state index in [-0.39, 0.29) is 18.2 Å². The Balaban J connectivity index is 1.40. The van der Waals surface area contributed by atoms with Crippen LogP contribution in [-0.4, -0.2) is 31.0 Å². The Labute approximate surface area is 189 Å². The minimum atomic E-state index is -0.327. The van der Waals surface area contributed by atoms with Crippen molar-refractivity contribution in [3.05, 3.63) is 77.3 Å². The minimum Gasteiger partial charge on any atom is -0.493 e. The van der Waals surface area contributed by atoms with Crippen LogP contribution in [0.25, 0.3) is 10.8 Å². The lowest BCUT2D eigenvalue weighted by molar-refractivity contribution is -0.115. The highest BCUT2D eigenvalue weighted by molar-refractivity contribution is 7.14. The van der Waals surface area contributed by atoms with E-state index >= 15 is 0 Å². The standard InChI is InChI=1S/C24H21N3O4S/c1-30-20-11-10-16(12-21(20)31-2)23(29)27-24-25-17(14-32-24)13-22(28)26-19-9-5-7-15-6-3-4-8-18(15)19/h3-12,14H,13H2,1-2H3,(H,26,28)(H,25,27,29). The number of anilines is 2. The molecular formula is C24H21N3O4S. The molecule has 1 heterocycles. The van der Waals surface area contributed by atoms with E-state index in [1.54, 1.807) is 23.6 Å².